The minimum atomic E-state index is -0.953. The van der Waals surface area contributed by atoms with Gasteiger partial charge in [0.1, 0.15) is 13.8 Å². The zero-order valence-corrected chi connectivity index (χ0v) is 8.82. The van der Waals surface area contributed by atoms with Crippen LogP contribution in [0.15, 0.2) is 0 Å². The lowest BCUT2D eigenvalue weighted by Crippen LogP contribution is -2.36. The fourth-order valence-corrected chi connectivity index (χ4v) is 1.11. The lowest BCUT2D eigenvalue weighted by Gasteiger charge is -2.19. The maximum atomic E-state index is 11.4. The standard InChI is InChI=1S/C9H17BNO3/c1-3-4-5-11(7-9(13)14)8(12)6-10-2/h3-7H2,1-2H3,(H,13,14). The minimum Gasteiger partial charge on any atom is -0.480 e. The molecule has 5 heteroatoms. The fourth-order valence-electron chi connectivity index (χ4n) is 1.11. The van der Waals surface area contributed by atoms with Gasteiger partial charge in [-0.25, -0.2) is 0 Å². The van der Waals surface area contributed by atoms with Crippen molar-refractivity contribution in [1.82, 2.24) is 4.90 Å². The monoisotopic (exact) mass is 198 g/mol. The molecule has 0 aliphatic carbocycles. The van der Waals surface area contributed by atoms with Gasteiger partial charge in [-0.3, -0.25) is 9.59 Å². The number of nitrogens with zero attached hydrogens (tertiary/aromatic N) is 1. The van der Waals surface area contributed by atoms with E-state index in [0.29, 0.717) is 12.9 Å². The van der Waals surface area contributed by atoms with Crippen molar-refractivity contribution in [3.05, 3.63) is 0 Å². The predicted molar refractivity (Wildman–Crippen MR) is 55.5 cm³/mol. The number of carboxylic acids is 1. The van der Waals surface area contributed by atoms with E-state index < -0.39 is 5.97 Å². The summed E-state index contributed by atoms with van der Waals surface area (Å²) in [5, 5.41) is 8.60. The van der Waals surface area contributed by atoms with Crippen LogP contribution in [0.5, 0.6) is 0 Å². The number of hydrogen-bond donors (Lipinski definition) is 1. The van der Waals surface area contributed by atoms with Crippen LogP contribution in [-0.2, 0) is 9.59 Å². The zero-order chi connectivity index (χ0) is 11.0. The summed E-state index contributed by atoms with van der Waals surface area (Å²) in [5.41, 5.74) is 0. The molecule has 1 amide bonds. The SMILES string of the molecule is C[B]CC(=O)N(CCCC)CC(=O)O. The molecule has 0 aliphatic heterocycles. The summed E-state index contributed by atoms with van der Waals surface area (Å²) in [6.07, 6.45) is 2.12. The Labute approximate surface area is 85.5 Å². The number of hydrogen-bond acceptors (Lipinski definition) is 2. The maximum absolute atomic E-state index is 11.4. The van der Waals surface area contributed by atoms with Crippen molar-refractivity contribution in [2.75, 3.05) is 13.1 Å². The molecule has 0 aromatic rings. The molecule has 0 aliphatic rings. The average Bonchev–Trinajstić information content (AvgIpc) is 2.12. The molecule has 14 heavy (non-hydrogen) atoms. The first-order valence-electron chi connectivity index (χ1n) is 4.89. The van der Waals surface area contributed by atoms with Crippen molar-refractivity contribution in [2.45, 2.75) is 32.9 Å². The molecule has 0 rings (SSSR count). The van der Waals surface area contributed by atoms with Crippen molar-refractivity contribution in [1.29, 1.82) is 0 Å². The van der Waals surface area contributed by atoms with Crippen molar-refractivity contribution in [3.63, 3.8) is 0 Å². The van der Waals surface area contributed by atoms with Crippen LogP contribution < -0.4 is 0 Å². The first-order valence-corrected chi connectivity index (χ1v) is 4.89. The number of unbranched alkanes of at least 4 members (excludes halogenated alkanes) is 1. The van der Waals surface area contributed by atoms with Gasteiger partial charge in [0.25, 0.3) is 0 Å². The third-order valence-corrected chi connectivity index (χ3v) is 1.84. The Kier molecular flexibility index (Phi) is 6.89. The van der Waals surface area contributed by atoms with Gasteiger partial charge in [-0.05, 0) is 12.7 Å². The highest BCUT2D eigenvalue weighted by atomic mass is 16.4. The second-order valence-electron chi connectivity index (χ2n) is 3.17. The largest absolute Gasteiger partial charge is 0.480 e. The van der Waals surface area contributed by atoms with Gasteiger partial charge in [-0.15, -0.1) is 0 Å². The molecule has 0 heterocycles. The van der Waals surface area contributed by atoms with E-state index in [2.05, 4.69) is 0 Å². The van der Waals surface area contributed by atoms with Crippen LogP contribution in [0, 0.1) is 0 Å². The Morgan fingerprint density at radius 2 is 2.07 bits per heavy atom. The van der Waals surface area contributed by atoms with E-state index in [-0.39, 0.29) is 12.5 Å². The third-order valence-electron chi connectivity index (χ3n) is 1.84. The highest BCUT2D eigenvalue weighted by molar-refractivity contribution is 6.39. The van der Waals surface area contributed by atoms with E-state index in [1.165, 1.54) is 4.90 Å². The fraction of sp³-hybridized carbons (Fsp3) is 0.778. The van der Waals surface area contributed by atoms with Gasteiger partial charge >= 0.3 is 5.97 Å². The molecule has 0 spiro atoms. The second-order valence-corrected chi connectivity index (χ2v) is 3.17. The number of aliphatic carboxylic acids is 1. The molecule has 0 unspecified atom stereocenters. The number of rotatable bonds is 7. The van der Waals surface area contributed by atoms with Crippen LogP contribution >= 0.6 is 0 Å². The van der Waals surface area contributed by atoms with Crippen molar-refractivity contribution in [2.24, 2.45) is 0 Å². The molecular weight excluding hydrogens is 181 g/mol. The summed E-state index contributed by atoms with van der Waals surface area (Å²) >= 11 is 0. The Morgan fingerprint density at radius 1 is 1.43 bits per heavy atom. The summed E-state index contributed by atoms with van der Waals surface area (Å²) in [7, 11) is 1.74. The molecule has 0 saturated heterocycles. The number of carbonyl (C=O) groups excluding carboxylic acids is 1. The average molecular weight is 198 g/mol. The highest BCUT2D eigenvalue weighted by Crippen LogP contribution is 1.99. The van der Waals surface area contributed by atoms with Gasteiger partial charge in [0.05, 0.1) is 0 Å². The first-order chi connectivity index (χ1) is 6.61. The van der Waals surface area contributed by atoms with Crippen LogP contribution in [-0.4, -0.2) is 42.3 Å². The lowest BCUT2D eigenvalue weighted by molar-refractivity contribution is -0.143. The summed E-state index contributed by atoms with van der Waals surface area (Å²) < 4.78 is 0. The van der Waals surface area contributed by atoms with Gasteiger partial charge in [-0.2, -0.15) is 0 Å². The molecule has 4 nitrogen and oxygen atoms in total. The smallest absolute Gasteiger partial charge is 0.323 e. The Balaban J connectivity index is 4.08. The molecule has 0 aromatic heterocycles. The molecule has 0 atom stereocenters. The number of carbonyl (C=O) groups is 2. The van der Waals surface area contributed by atoms with Crippen LogP contribution in [0.4, 0.5) is 0 Å². The summed E-state index contributed by atoms with van der Waals surface area (Å²) in [6, 6.07) is 0. The molecule has 1 radical (unpaired) electrons. The van der Waals surface area contributed by atoms with Gasteiger partial charge < -0.3 is 10.0 Å². The van der Waals surface area contributed by atoms with Gasteiger partial charge in [0, 0.05) is 6.54 Å². The maximum Gasteiger partial charge on any atom is 0.323 e. The van der Waals surface area contributed by atoms with E-state index >= 15 is 0 Å². The Bertz CT molecular complexity index is 196. The Hall–Kier alpha value is -0.995. The molecular formula is C9H17BNO3. The van der Waals surface area contributed by atoms with E-state index in [1.54, 1.807) is 14.1 Å². The van der Waals surface area contributed by atoms with Gasteiger partial charge in [0.15, 0.2) is 0 Å². The molecule has 0 fully saturated rings. The van der Waals surface area contributed by atoms with Crippen LogP contribution in [0.1, 0.15) is 19.8 Å². The molecule has 1 N–H and O–H groups in total. The van der Waals surface area contributed by atoms with Gasteiger partial charge in [0.2, 0.25) is 5.91 Å². The van der Waals surface area contributed by atoms with Crippen LogP contribution in [0.3, 0.4) is 0 Å². The van der Waals surface area contributed by atoms with Crippen LogP contribution in [0.25, 0.3) is 0 Å². The topological polar surface area (TPSA) is 57.6 Å². The normalized spacial score (nSPS) is 9.57. The molecule has 0 saturated carbocycles. The third kappa shape index (κ3) is 5.62. The van der Waals surface area contributed by atoms with E-state index in [4.69, 9.17) is 5.11 Å². The molecule has 79 valence electrons. The van der Waals surface area contributed by atoms with E-state index in [0.717, 1.165) is 12.8 Å². The Morgan fingerprint density at radius 3 is 2.50 bits per heavy atom. The molecule has 0 aromatic carbocycles. The summed E-state index contributed by atoms with van der Waals surface area (Å²) in [5.74, 6) is -1.06. The number of amides is 1. The minimum absolute atomic E-state index is 0.108. The predicted octanol–water partition coefficient (Wildman–Crippen LogP) is 0.870. The van der Waals surface area contributed by atoms with Crippen LogP contribution in [0.2, 0.25) is 13.1 Å². The van der Waals surface area contributed by atoms with E-state index in [1.807, 2.05) is 6.92 Å². The summed E-state index contributed by atoms with van der Waals surface area (Å²) in [6.45, 7) is 4.15. The zero-order valence-electron chi connectivity index (χ0n) is 8.82. The lowest BCUT2D eigenvalue weighted by atomic mass is 9.77. The number of carboxylic acid groups (broad SMARTS) is 1. The highest BCUT2D eigenvalue weighted by Gasteiger charge is 2.14. The van der Waals surface area contributed by atoms with Gasteiger partial charge in [-0.1, -0.05) is 20.2 Å². The quantitative estimate of drug-likeness (QED) is 0.617. The van der Waals surface area contributed by atoms with Crippen molar-refractivity contribution >= 4 is 19.2 Å². The van der Waals surface area contributed by atoms with E-state index in [9.17, 15) is 9.59 Å². The first kappa shape index (κ1) is 13.0. The molecule has 0 bridgehead atoms. The van der Waals surface area contributed by atoms with Crippen molar-refractivity contribution in [3.8, 4) is 0 Å². The summed E-state index contributed by atoms with van der Waals surface area (Å²) in [4.78, 5) is 23.3. The van der Waals surface area contributed by atoms with Crippen molar-refractivity contribution < 1.29 is 14.7 Å². The second kappa shape index (κ2) is 7.41.